The number of likely N-dealkylation sites (N-methyl/N-ethyl adjacent to an activating group) is 2. The van der Waals surface area contributed by atoms with E-state index in [1.165, 1.54) is 35.3 Å². The number of aromatic nitrogens is 1. The summed E-state index contributed by atoms with van der Waals surface area (Å²) >= 11 is 3.11. The van der Waals surface area contributed by atoms with Crippen molar-refractivity contribution < 1.29 is 14.5 Å². The number of hydrogen-bond donors (Lipinski definition) is 0. The van der Waals surface area contributed by atoms with E-state index in [1.807, 2.05) is 53.2 Å². The molecule has 0 unspecified atom stereocenters. The van der Waals surface area contributed by atoms with Crippen molar-refractivity contribution in [3.05, 3.63) is 104 Å². The van der Waals surface area contributed by atoms with Crippen molar-refractivity contribution >= 4 is 40.2 Å². The number of nitrogens with zero attached hydrogens (tertiary/aromatic N) is 4. The number of amides is 2. The molecule has 10 heteroatoms. The van der Waals surface area contributed by atoms with Crippen molar-refractivity contribution in [1.82, 2.24) is 14.8 Å². The molecule has 0 fully saturated rings. The van der Waals surface area contributed by atoms with Crippen LogP contribution in [-0.2, 0) is 22.4 Å². The minimum absolute atomic E-state index is 0.00868. The number of thiophene rings is 1. The number of benzene rings is 2. The lowest BCUT2D eigenvalue weighted by Crippen LogP contribution is -2.50. The Balaban J connectivity index is 1.68. The molecule has 196 valence electrons. The molecule has 4 rings (SSSR count). The third-order valence-electron chi connectivity index (χ3n) is 6.51. The van der Waals surface area contributed by atoms with Crippen molar-refractivity contribution in [2.45, 2.75) is 31.8 Å². The summed E-state index contributed by atoms with van der Waals surface area (Å²) in [6.45, 7) is 1.45. The summed E-state index contributed by atoms with van der Waals surface area (Å²) in [5, 5.41) is 15.9. The van der Waals surface area contributed by atoms with Gasteiger partial charge in [-0.1, -0.05) is 48.5 Å². The SMILES string of the molecule is CC(=O)N(C)[C@@H](Cc1ccccc1)C(=O)N(C)[C@@H](Cc1ccc([N+](=O)[O-])cc1)c1csc(-c2cccs2)n1. The van der Waals surface area contributed by atoms with Gasteiger partial charge in [0.15, 0.2) is 0 Å². The zero-order chi connectivity index (χ0) is 27.2. The fourth-order valence-electron chi connectivity index (χ4n) is 4.20. The second-order valence-corrected chi connectivity index (χ2v) is 10.8. The Labute approximate surface area is 229 Å². The highest BCUT2D eigenvalue weighted by Gasteiger charge is 2.33. The van der Waals surface area contributed by atoms with Gasteiger partial charge in [-0.25, -0.2) is 4.98 Å². The predicted octanol–water partition coefficient (Wildman–Crippen LogP) is 5.61. The molecule has 0 spiro atoms. The van der Waals surface area contributed by atoms with Gasteiger partial charge in [0.2, 0.25) is 11.8 Å². The normalized spacial score (nSPS) is 12.5. The number of carbonyl (C=O) groups is 2. The molecule has 0 N–H and O–H groups in total. The topological polar surface area (TPSA) is 96.7 Å². The zero-order valence-electron chi connectivity index (χ0n) is 21.3. The molecule has 38 heavy (non-hydrogen) atoms. The number of nitro benzene ring substituents is 1. The summed E-state index contributed by atoms with van der Waals surface area (Å²) in [5.74, 6) is -0.405. The van der Waals surface area contributed by atoms with E-state index in [1.54, 1.807) is 42.5 Å². The van der Waals surface area contributed by atoms with Crippen molar-refractivity contribution in [3.63, 3.8) is 0 Å². The molecule has 0 aliphatic carbocycles. The summed E-state index contributed by atoms with van der Waals surface area (Å²) in [6, 6.07) is 18.8. The summed E-state index contributed by atoms with van der Waals surface area (Å²) in [5.41, 5.74) is 2.53. The van der Waals surface area contributed by atoms with Gasteiger partial charge in [-0.2, -0.15) is 0 Å². The number of carbonyl (C=O) groups excluding carboxylic acids is 2. The first kappa shape index (κ1) is 27.2. The quantitative estimate of drug-likeness (QED) is 0.190. The van der Waals surface area contributed by atoms with Crippen LogP contribution in [0.3, 0.4) is 0 Å². The van der Waals surface area contributed by atoms with Crippen LogP contribution in [0.25, 0.3) is 9.88 Å². The minimum atomic E-state index is -0.699. The molecular weight excluding hydrogens is 520 g/mol. The summed E-state index contributed by atoms with van der Waals surface area (Å²) in [7, 11) is 3.37. The minimum Gasteiger partial charge on any atom is -0.335 e. The van der Waals surface area contributed by atoms with E-state index in [4.69, 9.17) is 4.98 Å². The third-order valence-corrected chi connectivity index (χ3v) is 8.41. The van der Waals surface area contributed by atoms with Crippen molar-refractivity contribution in [2.75, 3.05) is 14.1 Å². The maximum absolute atomic E-state index is 14.0. The van der Waals surface area contributed by atoms with Crippen LogP contribution in [0.1, 0.15) is 29.8 Å². The number of nitro groups is 1. The van der Waals surface area contributed by atoms with Gasteiger partial charge in [-0.3, -0.25) is 19.7 Å². The first-order valence-electron chi connectivity index (χ1n) is 12.0. The van der Waals surface area contributed by atoms with E-state index < -0.39 is 17.0 Å². The highest BCUT2D eigenvalue weighted by molar-refractivity contribution is 7.20. The fourth-order valence-corrected chi connectivity index (χ4v) is 5.89. The smallest absolute Gasteiger partial charge is 0.269 e. The van der Waals surface area contributed by atoms with Crippen LogP contribution in [0.15, 0.2) is 77.5 Å². The lowest BCUT2D eigenvalue weighted by atomic mass is 9.99. The van der Waals surface area contributed by atoms with Crippen molar-refractivity contribution in [1.29, 1.82) is 0 Å². The second-order valence-electron chi connectivity index (χ2n) is 8.98. The largest absolute Gasteiger partial charge is 0.335 e. The average molecular weight is 549 g/mol. The van der Waals surface area contributed by atoms with E-state index in [0.717, 1.165) is 26.7 Å². The third kappa shape index (κ3) is 6.32. The summed E-state index contributed by atoms with van der Waals surface area (Å²) in [4.78, 5) is 46.1. The molecular formula is C28H28N4O4S2. The molecule has 4 aromatic rings. The predicted molar refractivity (Wildman–Crippen MR) is 150 cm³/mol. The second kappa shape index (κ2) is 12.1. The maximum Gasteiger partial charge on any atom is 0.269 e. The van der Waals surface area contributed by atoms with E-state index in [0.29, 0.717) is 12.8 Å². The van der Waals surface area contributed by atoms with Crippen LogP contribution >= 0.6 is 22.7 Å². The molecule has 0 saturated carbocycles. The molecule has 0 radical (unpaired) electrons. The molecule has 0 bridgehead atoms. The Morgan fingerprint density at radius 3 is 2.21 bits per heavy atom. The standard InChI is InChI=1S/C28H28N4O4S2/c1-19(33)30(2)25(17-20-8-5-4-6-9-20)28(34)31(3)24(16-21-11-13-22(14-12-21)32(35)36)23-18-38-27(29-23)26-10-7-15-37-26/h4-15,18,24-25H,16-17H2,1-3H3/t24-,25-/m0/s1. The summed E-state index contributed by atoms with van der Waals surface area (Å²) < 4.78 is 0. The van der Waals surface area contributed by atoms with Gasteiger partial charge in [0.05, 0.1) is 21.5 Å². The number of rotatable bonds is 10. The number of thiazole rings is 1. The van der Waals surface area contributed by atoms with Crippen LogP contribution in [-0.4, -0.2) is 51.7 Å². The molecule has 2 aromatic carbocycles. The van der Waals surface area contributed by atoms with Gasteiger partial charge in [-0.15, -0.1) is 22.7 Å². The van der Waals surface area contributed by atoms with Crippen molar-refractivity contribution in [3.8, 4) is 9.88 Å². The molecule has 0 saturated heterocycles. The molecule has 0 aliphatic heterocycles. The molecule has 8 nitrogen and oxygen atoms in total. The Morgan fingerprint density at radius 1 is 0.921 bits per heavy atom. The maximum atomic E-state index is 14.0. The van der Waals surface area contributed by atoms with Gasteiger partial charge < -0.3 is 9.80 Å². The lowest BCUT2D eigenvalue weighted by Gasteiger charge is -2.34. The van der Waals surface area contributed by atoms with E-state index in [2.05, 4.69) is 0 Å². The van der Waals surface area contributed by atoms with E-state index in [9.17, 15) is 19.7 Å². The van der Waals surface area contributed by atoms with Crippen molar-refractivity contribution in [2.24, 2.45) is 0 Å². The average Bonchev–Trinajstić information content (AvgIpc) is 3.62. The molecule has 2 heterocycles. The van der Waals surface area contributed by atoms with Crippen LogP contribution in [0.5, 0.6) is 0 Å². The van der Waals surface area contributed by atoms with Gasteiger partial charge >= 0.3 is 0 Å². The highest BCUT2D eigenvalue weighted by atomic mass is 32.1. The van der Waals surface area contributed by atoms with Gasteiger partial charge in [0.1, 0.15) is 11.0 Å². The zero-order valence-corrected chi connectivity index (χ0v) is 22.9. The Hall–Kier alpha value is -3.89. The first-order chi connectivity index (χ1) is 18.2. The Morgan fingerprint density at radius 2 is 1.61 bits per heavy atom. The van der Waals surface area contributed by atoms with Crippen LogP contribution in [0.2, 0.25) is 0 Å². The van der Waals surface area contributed by atoms with E-state index >= 15 is 0 Å². The molecule has 0 aliphatic rings. The number of hydrogen-bond acceptors (Lipinski definition) is 7. The first-order valence-corrected chi connectivity index (χ1v) is 13.8. The number of non-ortho nitro benzene ring substituents is 1. The van der Waals surface area contributed by atoms with E-state index in [-0.39, 0.29) is 17.5 Å². The fraction of sp³-hybridized carbons (Fsp3) is 0.250. The molecule has 2 aromatic heterocycles. The monoisotopic (exact) mass is 548 g/mol. The van der Waals surface area contributed by atoms with Gasteiger partial charge in [0, 0.05) is 45.0 Å². The summed E-state index contributed by atoms with van der Waals surface area (Å²) in [6.07, 6.45) is 0.789. The van der Waals surface area contributed by atoms with Crippen LogP contribution < -0.4 is 0 Å². The van der Waals surface area contributed by atoms with Gasteiger partial charge in [0.25, 0.3) is 5.69 Å². The Kier molecular flexibility index (Phi) is 8.65. The lowest BCUT2D eigenvalue weighted by molar-refractivity contribution is -0.384. The van der Waals surface area contributed by atoms with Crippen LogP contribution in [0.4, 0.5) is 5.69 Å². The van der Waals surface area contributed by atoms with Crippen LogP contribution in [0, 0.1) is 10.1 Å². The molecule has 2 amide bonds. The Bertz CT molecular complexity index is 1390. The molecule has 2 atom stereocenters. The highest BCUT2D eigenvalue weighted by Crippen LogP contribution is 2.33. The van der Waals surface area contributed by atoms with Gasteiger partial charge in [-0.05, 0) is 29.0 Å².